The minimum atomic E-state index is 0.558. The monoisotopic (exact) mass is 235 g/mol. The van der Waals surface area contributed by atoms with Crippen molar-refractivity contribution in [3.05, 3.63) is 54.2 Å². The van der Waals surface area contributed by atoms with Crippen molar-refractivity contribution in [2.24, 2.45) is 0 Å². The Labute approximate surface area is 107 Å². The first-order chi connectivity index (χ1) is 8.81. The molecule has 0 aliphatic rings. The number of fused-ring (bicyclic) bond motifs is 3. The lowest BCUT2D eigenvalue weighted by Crippen LogP contribution is -1.95. The highest BCUT2D eigenvalue weighted by molar-refractivity contribution is 6.06. The van der Waals surface area contributed by atoms with E-state index in [-0.39, 0.29) is 0 Å². The van der Waals surface area contributed by atoms with Crippen molar-refractivity contribution in [1.29, 1.82) is 0 Å². The van der Waals surface area contributed by atoms with E-state index in [4.69, 9.17) is 0 Å². The maximum atomic E-state index is 4.68. The highest BCUT2D eigenvalue weighted by Gasteiger charge is 2.10. The van der Waals surface area contributed by atoms with Gasteiger partial charge in [0.05, 0.1) is 5.52 Å². The van der Waals surface area contributed by atoms with Gasteiger partial charge in [0.25, 0.3) is 0 Å². The zero-order valence-corrected chi connectivity index (χ0v) is 10.9. The van der Waals surface area contributed by atoms with E-state index in [0.717, 1.165) is 11.9 Å². The molecule has 1 heteroatoms. The summed E-state index contributed by atoms with van der Waals surface area (Å²) in [4.78, 5) is 4.68. The van der Waals surface area contributed by atoms with Crippen molar-refractivity contribution in [2.45, 2.75) is 26.2 Å². The summed E-state index contributed by atoms with van der Waals surface area (Å²) >= 11 is 0. The highest BCUT2D eigenvalue weighted by Crippen LogP contribution is 2.30. The van der Waals surface area contributed by atoms with Crippen LogP contribution in [-0.4, -0.2) is 4.98 Å². The van der Waals surface area contributed by atoms with Gasteiger partial charge in [0, 0.05) is 17.0 Å². The molecule has 90 valence electrons. The van der Waals surface area contributed by atoms with Crippen molar-refractivity contribution < 1.29 is 0 Å². The molecule has 1 unspecified atom stereocenters. The zero-order valence-electron chi connectivity index (χ0n) is 10.9. The van der Waals surface area contributed by atoms with Crippen LogP contribution >= 0.6 is 0 Å². The number of rotatable bonds is 2. The lowest BCUT2D eigenvalue weighted by Gasteiger charge is -2.12. The SMILES string of the molecule is CCC(C)c1cccc2c1ncc1ccccc12. The Bertz CT molecular complexity index is 700. The third-order valence-corrected chi connectivity index (χ3v) is 3.79. The molecule has 0 saturated carbocycles. The van der Waals surface area contributed by atoms with Gasteiger partial charge in [-0.1, -0.05) is 56.3 Å². The molecule has 0 fully saturated rings. The largest absolute Gasteiger partial charge is 0.255 e. The average Bonchev–Trinajstić information content (AvgIpc) is 2.45. The molecule has 18 heavy (non-hydrogen) atoms. The molecule has 0 N–H and O–H groups in total. The van der Waals surface area contributed by atoms with Gasteiger partial charge in [0.15, 0.2) is 0 Å². The predicted molar refractivity (Wildman–Crippen MR) is 78.0 cm³/mol. The summed E-state index contributed by atoms with van der Waals surface area (Å²) in [5, 5.41) is 3.78. The fourth-order valence-corrected chi connectivity index (χ4v) is 2.53. The van der Waals surface area contributed by atoms with Gasteiger partial charge in [-0.25, -0.2) is 0 Å². The molecular weight excluding hydrogens is 218 g/mol. The molecule has 3 rings (SSSR count). The van der Waals surface area contributed by atoms with Crippen molar-refractivity contribution >= 4 is 21.7 Å². The van der Waals surface area contributed by atoms with Gasteiger partial charge in [-0.05, 0) is 23.3 Å². The summed E-state index contributed by atoms with van der Waals surface area (Å²) in [6.07, 6.45) is 3.14. The van der Waals surface area contributed by atoms with E-state index < -0.39 is 0 Å². The number of para-hydroxylation sites is 1. The minimum Gasteiger partial charge on any atom is -0.255 e. The van der Waals surface area contributed by atoms with Crippen LogP contribution in [0.3, 0.4) is 0 Å². The maximum Gasteiger partial charge on any atom is 0.0743 e. The van der Waals surface area contributed by atoms with Gasteiger partial charge in [-0.2, -0.15) is 0 Å². The van der Waals surface area contributed by atoms with Gasteiger partial charge in [0.2, 0.25) is 0 Å². The number of benzene rings is 2. The van der Waals surface area contributed by atoms with Crippen LogP contribution in [0.15, 0.2) is 48.7 Å². The number of aromatic nitrogens is 1. The van der Waals surface area contributed by atoms with Gasteiger partial charge in [-0.3, -0.25) is 4.98 Å². The lowest BCUT2D eigenvalue weighted by molar-refractivity contribution is 0.738. The van der Waals surface area contributed by atoms with Gasteiger partial charge in [0.1, 0.15) is 0 Å². The van der Waals surface area contributed by atoms with E-state index in [9.17, 15) is 0 Å². The normalized spacial score (nSPS) is 13.0. The maximum absolute atomic E-state index is 4.68. The smallest absolute Gasteiger partial charge is 0.0743 e. The zero-order chi connectivity index (χ0) is 12.5. The Balaban J connectivity index is 2.40. The second kappa shape index (κ2) is 4.41. The molecule has 2 aromatic carbocycles. The van der Waals surface area contributed by atoms with Crippen LogP contribution in [-0.2, 0) is 0 Å². The van der Waals surface area contributed by atoms with Crippen LogP contribution < -0.4 is 0 Å². The van der Waals surface area contributed by atoms with Gasteiger partial charge < -0.3 is 0 Å². The summed E-state index contributed by atoms with van der Waals surface area (Å²) in [7, 11) is 0. The van der Waals surface area contributed by atoms with Crippen molar-refractivity contribution in [3.63, 3.8) is 0 Å². The fourth-order valence-electron chi connectivity index (χ4n) is 2.53. The predicted octanol–water partition coefficient (Wildman–Crippen LogP) is 4.90. The van der Waals surface area contributed by atoms with Crippen LogP contribution in [0.2, 0.25) is 0 Å². The molecule has 0 amide bonds. The summed E-state index contributed by atoms with van der Waals surface area (Å²) < 4.78 is 0. The molecule has 0 radical (unpaired) electrons. The van der Waals surface area contributed by atoms with E-state index in [2.05, 4.69) is 61.3 Å². The first-order valence-electron chi connectivity index (χ1n) is 6.57. The Morgan fingerprint density at radius 1 is 1.00 bits per heavy atom. The highest BCUT2D eigenvalue weighted by atomic mass is 14.7. The Kier molecular flexibility index (Phi) is 2.75. The van der Waals surface area contributed by atoms with Crippen molar-refractivity contribution in [2.75, 3.05) is 0 Å². The van der Waals surface area contributed by atoms with E-state index in [1.807, 2.05) is 6.20 Å². The van der Waals surface area contributed by atoms with E-state index in [0.29, 0.717) is 5.92 Å². The average molecular weight is 235 g/mol. The van der Waals surface area contributed by atoms with Gasteiger partial charge in [-0.15, -0.1) is 0 Å². The van der Waals surface area contributed by atoms with Crippen molar-refractivity contribution in [1.82, 2.24) is 4.98 Å². The van der Waals surface area contributed by atoms with Crippen LogP contribution in [0.1, 0.15) is 31.7 Å². The Hall–Kier alpha value is -1.89. The second-order valence-electron chi connectivity index (χ2n) is 4.90. The standard InChI is InChI=1S/C17H17N/c1-3-12(2)14-9-6-10-16-15-8-5-4-7-13(15)11-18-17(14)16/h4-12H,3H2,1-2H3. The molecule has 0 aliphatic heterocycles. The third-order valence-electron chi connectivity index (χ3n) is 3.79. The lowest BCUT2D eigenvalue weighted by atomic mass is 9.94. The fraction of sp³-hybridized carbons (Fsp3) is 0.235. The first kappa shape index (κ1) is 11.2. The molecule has 1 heterocycles. The summed E-state index contributed by atoms with van der Waals surface area (Å²) in [5.74, 6) is 0.558. The number of hydrogen-bond donors (Lipinski definition) is 0. The summed E-state index contributed by atoms with van der Waals surface area (Å²) in [6, 6.07) is 15.0. The molecule has 0 aliphatic carbocycles. The molecule has 3 aromatic rings. The Morgan fingerprint density at radius 3 is 2.61 bits per heavy atom. The van der Waals surface area contributed by atoms with E-state index >= 15 is 0 Å². The van der Waals surface area contributed by atoms with Crippen LogP contribution in [0.5, 0.6) is 0 Å². The van der Waals surface area contributed by atoms with E-state index in [1.165, 1.54) is 21.7 Å². The van der Waals surface area contributed by atoms with Crippen LogP contribution in [0.4, 0.5) is 0 Å². The topological polar surface area (TPSA) is 12.9 Å². The van der Waals surface area contributed by atoms with Crippen molar-refractivity contribution in [3.8, 4) is 0 Å². The van der Waals surface area contributed by atoms with Crippen LogP contribution in [0.25, 0.3) is 21.7 Å². The number of hydrogen-bond acceptors (Lipinski definition) is 1. The molecule has 0 bridgehead atoms. The molecule has 0 spiro atoms. The first-order valence-corrected chi connectivity index (χ1v) is 6.57. The van der Waals surface area contributed by atoms with Crippen LogP contribution in [0, 0.1) is 0 Å². The third kappa shape index (κ3) is 1.67. The molecule has 1 nitrogen and oxygen atoms in total. The van der Waals surface area contributed by atoms with Gasteiger partial charge >= 0.3 is 0 Å². The Morgan fingerprint density at radius 2 is 1.78 bits per heavy atom. The number of pyridine rings is 1. The molecular formula is C17H17N. The summed E-state index contributed by atoms with van der Waals surface area (Å²) in [6.45, 7) is 4.50. The minimum absolute atomic E-state index is 0.558. The molecule has 0 saturated heterocycles. The quantitative estimate of drug-likeness (QED) is 0.575. The molecule has 1 aromatic heterocycles. The van der Waals surface area contributed by atoms with E-state index in [1.54, 1.807) is 0 Å². The summed E-state index contributed by atoms with van der Waals surface area (Å²) in [5.41, 5.74) is 2.52. The molecule has 1 atom stereocenters. The number of nitrogens with zero attached hydrogens (tertiary/aromatic N) is 1. The second-order valence-corrected chi connectivity index (χ2v) is 4.90.